The minimum absolute atomic E-state index is 0.0737. The van der Waals surface area contributed by atoms with E-state index in [2.05, 4.69) is 9.97 Å². The van der Waals surface area contributed by atoms with Crippen molar-refractivity contribution in [1.29, 1.82) is 0 Å². The first-order valence-electron chi connectivity index (χ1n) is 8.75. The van der Waals surface area contributed by atoms with Gasteiger partial charge in [-0.2, -0.15) is 0 Å². The monoisotopic (exact) mass is 434 g/mol. The summed E-state index contributed by atoms with van der Waals surface area (Å²) in [6, 6.07) is 3.48. The number of fused-ring (bicyclic) bond motifs is 3. The van der Waals surface area contributed by atoms with Gasteiger partial charge in [-0.05, 0) is 6.07 Å². The molecule has 0 atom stereocenters. The lowest BCUT2D eigenvalue weighted by Crippen LogP contribution is -2.37. The summed E-state index contributed by atoms with van der Waals surface area (Å²) in [5.41, 5.74) is 2.26. The summed E-state index contributed by atoms with van der Waals surface area (Å²) in [7, 11) is 1.50. The molecule has 2 aromatic heterocycles. The number of nitrogens with zero attached hydrogens (tertiary/aromatic N) is 4. The van der Waals surface area contributed by atoms with Crippen LogP contribution in [0.4, 0.5) is 0 Å². The predicted molar refractivity (Wildman–Crippen MR) is 107 cm³/mol. The van der Waals surface area contributed by atoms with Gasteiger partial charge in [0, 0.05) is 36.2 Å². The van der Waals surface area contributed by atoms with Crippen molar-refractivity contribution >= 4 is 46.0 Å². The van der Waals surface area contributed by atoms with Crippen LogP contribution in [0.5, 0.6) is 5.75 Å². The van der Waals surface area contributed by atoms with Gasteiger partial charge in [0.1, 0.15) is 6.54 Å². The molecule has 0 unspecified atom stereocenters. The Morgan fingerprint density at radius 1 is 1.24 bits per heavy atom. The van der Waals surface area contributed by atoms with Crippen LogP contribution in [0.15, 0.2) is 24.5 Å². The molecule has 0 saturated carbocycles. The fourth-order valence-corrected chi connectivity index (χ4v) is 4.05. The van der Waals surface area contributed by atoms with Gasteiger partial charge in [-0.25, -0.2) is 9.97 Å². The number of carbonyl (C=O) groups excluding carboxylic acids is 1. The highest BCUT2D eigenvalue weighted by molar-refractivity contribution is 6.45. The smallest absolute Gasteiger partial charge is 0.323 e. The number of carbonyl (C=O) groups is 2. The summed E-state index contributed by atoms with van der Waals surface area (Å²) in [6.45, 7) is 0.467. The number of amides is 1. The van der Waals surface area contributed by atoms with E-state index in [1.165, 1.54) is 19.5 Å². The normalized spacial score (nSPS) is 13.4. The molecule has 1 aromatic carbocycles. The number of carboxylic acids is 1. The topological polar surface area (TPSA) is 97.6 Å². The van der Waals surface area contributed by atoms with Crippen molar-refractivity contribution in [1.82, 2.24) is 19.4 Å². The second kappa shape index (κ2) is 7.53. The maximum absolute atomic E-state index is 12.9. The van der Waals surface area contributed by atoms with Gasteiger partial charge in [-0.15, -0.1) is 0 Å². The van der Waals surface area contributed by atoms with E-state index in [0.717, 1.165) is 16.6 Å². The van der Waals surface area contributed by atoms with Crippen LogP contribution in [-0.4, -0.2) is 50.1 Å². The number of benzene rings is 1. The number of ether oxygens (including phenoxy) is 1. The quantitative estimate of drug-likeness (QED) is 0.677. The van der Waals surface area contributed by atoms with Gasteiger partial charge in [0.05, 0.1) is 35.1 Å². The van der Waals surface area contributed by atoms with E-state index in [1.807, 2.05) is 0 Å². The highest BCUT2D eigenvalue weighted by atomic mass is 35.5. The number of hydrogen-bond acceptors (Lipinski definition) is 5. The molecule has 1 amide bonds. The van der Waals surface area contributed by atoms with Gasteiger partial charge in [0.2, 0.25) is 5.82 Å². The molecular weight excluding hydrogens is 419 g/mol. The number of methoxy groups -OCH3 is 1. The third kappa shape index (κ3) is 3.38. The van der Waals surface area contributed by atoms with Crippen molar-refractivity contribution in [3.8, 4) is 5.75 Å². The van der Waals surface area contributed by atoms with Gasteiger partial charge >= 0.3 is 5.97 Å². The molecule has 4 rings (SSSR count). The zero-order valence-electron chi connectivity index (χ0n) is 15.4. The van der Waals surface area contributed by atoms with Crippen molar-refractivity contribution in [3.63, 3.8) is 0 Å². The number of halogens is 2. The van der Waals surface area contributed by atoms with E-state index in [1.54, 1.807) is 21.6 Å². The Bertz CT molecular complexity index is 1130. The molecule has 29 heavy (non-hydrogen) atoms. The maximum atomic E-state index is 12.9. The molecule has 0 saturated heterocycles. The van der Waals surface area contributed by atoms with Crippen LogP contribution >= 0.6 is 23.2 Å². The van der Waals surface area contributed by atoms with Crippen molar-refractivity contribution < 1.29 is 19.4 Å². The molecule has 0 spiro atoms. The van der Waals surface area contributed by atoms with Crippen LogP contribution in [0.2, 0.25) is 10.0 Å². The molecule has 0 radical (unpaired) electrons. The molecule has 150 valence electrons. The van der Waals surface area contributed by atoms with Crippen LogP contribution in [-0.2, 0) is 24.3 Å². The Balaban J connectivity index is 1.74. The standard InChI is InChI=1S/C19H16Cl2N4O4/c1-29-10-6-22-18(23-7-10)19(28)24-5-4-14-12(8-24)11-2-3-13(20)16(21)17(11)25(14)9-15(26)27/h2-3,6-7H,4-5,8-9H2,1H3,(H,26,27). The zero-order valence-corrected chi connectivity index (χ0v) is 16.9. The Labute approximate surface area is 175 Å². The second-order valence-corrected chi connectivity index (χ2v) is 7.37. The first-order valence-corrected chi connectivity index (χ1v) is 9.51. The fourth-order valence-electron chi connectivity index (χ4n) is 3.63. The SMILES string of the molecule is COc1cnc(C(=O)N2CCc3c(c4ccc(Cl)c(Cl)c4n3CC(=O)O)C2)nc1. The number of rotatable bonds is 4. The summed E-state index contributed by atoms with van der Waals surface area (Å²) < 4.78 is 6.69. The lowest BCUT2D eigenvalue weighted by atomic mass is 10.0. The van der Waals surface area contributed by atoms with E-state index in [9.17, 15) is 14.7 Å². The molecule has 0 aliphatic carbocycles. The Morgan fingerprint density at radius 3 is 2.62 bits per heavy atom. The van der Waals surface area contributed by atoms with Crippen LogP contribution in [0, 0.1) is 0 Å². The van der Waals surface area contributed by atoms with E-state index >= 15 is 0 Å². The minimum Gasteiger partial charge on any atom is -0.494 e. The molecule has 1 aliphatic heterocycles. The Morgan fingerprint density at radius 2 is 1.97 bits per heavy atom. The highest BCUT2D eigenvalue weighted by Crippen LogP contribution is 2.38. The van der Waals surface area contributed by atoms with Gasteiger partial charge in [-0.3, -0.25) is 9.59 Å². The average molecular weight is 435 g/mol. The Kier molecular flexibility index (Phi) is 5.06. The van der Waals surface area contributed by atoms with Gasteiger partial charge < -0.3 is 19.3 Å². The van der Waals surface area contributed by atoms with Gasteiger partial charge in [-0.1, -0.05) is 29.3 Å². The molecule has 8 nitrogen and oxygen atoms in total. The molecule has 1 aliphatic rings. The fraction of sp³-hybridized carbons (Fsp3) is 0.263. The molecule has 3 heterocycles. The minimum atomic E-state index is -0.981. The van der Waals surface area contributed by atoms with E-state index in [-0.39, 0.29) is 18.3 Å². The van der Waals surface area contributed by atoms with Crippen molar-refractivity contribution in [2.24, 2.45) is 0 Å². The van der Waals surface area contributed by atoms with Gasteiger partial charge in [0.15, 0.2) is 5.75 Å². The van der Waals surface area contributed by atoms with Crippen LogP contribution in [0.3, 0.4) is 0 Å². The summed E-state index contributed by atoms with van der Waals surface area (Å²) in [5.74, 6) is -0.751. The van der Waals surface area contributed by atoms with Crippen LogP contribution in [0.1, 0.15) is 21.9 Å². The molecule has 10 heteroatoms. The summed E-state index contributed by atoms with van der Waals surface area (Å²) in [5, 5.41) is 10.8. The third-order valence-corrected chi connectivity index (χ3v) is 5.74. The summed E-state index contributed by atoms with van der Waals surface area (Å²) >= 11 is 12.6. The van der Waals surface area contributed by atoms with Crippen molar-refractivity contribution in [2.75, 3.05) is 13.7 Å². The Hall–Kier alpha value is -2.84. The zero-order chi connectivity index (χ0) is 20.7. The summed E-state index contributed by atoms with van der Waals surface area (Å²) in [6.07, 6.45) is 3.36. The number of carboxylic acid groups (broad SMARTS) is 1. The van der Waals surface area contributed by atoms with Crippen LogP contribution in [0.25, 0.3) is 10.9 Å². The van der Waals surface area contributed by atoms with Crippen LogP contribution < -0.4 is 4.74 Å². The lowest BCUT2D eigenvalue weighted by molar-refractivity contribution is -0.137. The number of hydrogen-bond donors (Lipinski definition) is 1. The van der Waals surface area contributed by atoms with Gasteiger partial charge in [0.25, 0.3) is 5.91 Å². The first-order chi connectivity index (χ1) is 13.9. The predicted octanol–water partition coefficient (Wildman–Crippen LogP) is 3.03. The number of aromatic nitrogens is 3. The lowest BCUT2D eigenvalue weighted by Gasteiger charge is -2.27. The average Bonchev–Trinajstić information content (AvgIpc) is 3.03. The van der Waals surface area contributed by atoms with Crippen molar-refractivity contribution in [2.45, 2.75) is 19.5 Å². The maximum Gasteiger partial charge on any atom is 0.323 e. The van der Waals surface area contributed by atoms with Crippen molar-refractivity contribution in [3.05, 3.63) is 51.7 Å². The highest BCUT2D eigenvalue weighted by Gasteiger charge is 2.30. The number of aliphatic carboxylic acids is 1. The largest absolute Gasteiger partial charge is 0.494 e. The van der Waals surface area contributed by atoms with E-state index < -0.39 is 5.97 Å². The molecule has 3 aromatic rings. The molecule has 0 bridgehead atoms. The van der Waals surface area contributed by atoms with E-state index in [4.69, 9.17) is 27.9 Å². The molecule has 1 N–H and O–H groups in total. The molecule has 0 fully saturated rings. The second-order valence-electron chi connectivity index (χ2n) is 6.59. The third-order valence-electron chi connectivity index (χ3n) is 4.94. The first kappa shape index (κ1) is 19.5. The summed E-state index contributed by atoms with van der Waals surface area (Å²) in [4.78, 5) is 34.0. The molecular formula is C19H16Cl2N4O4. The van der Waals surface area contributed by atoms with E-state index in [0.29, 0.717) is 40.8 Å².